The van der Waals surface area contributed by atoms with Crippen LogP contribution < -0.4 is 0 Å². The lowest BCUT2D eigenvalue weighted by molar-refractivity contribution is -0.0343. The molecule has 1 heterocycles. The fourth-order valence-corrected chi connectivity index (χ4v) is 1.12. The molecule has 0 bridgehead atoms. The maximum absolute atomic E-state index is 12.6. The molecule has 1 fully saturated rings. The number of nitrogens with zero attached hydrogens (tertiary/aromatic N) is 2. The van der Waals surface area contributed by atoms with E-state index in [4.69, 9.17) is 0 Å². The lowest BCUT2D eigenvalue weighted by atomic mass is 10.0. The van der Waals surface area contributed by atoms with Crippen LogP contribution in [0.2, 0.25) is 0 Å². The van der Waals surface area contributed by atoms with E-state index in [1.165, 1.54) is 0 Å². The van der Waals surface area contributed by atoms with Gasteiger partial charge in [-0.3, -0.25) is 0 Å². The number of halogens is 1. The molecule has 0 saturated carbocycles. The van der Waals surface area contributed by atoms with Gasteiger partial charge in [-0.25, -0.2) is 0 Å². The van der Waals surface area contributed by atoms with Gasteiger partial charge in [-0.05, 0) is 19.8 Å². The Balaban J connectivity index is 2.50. The van der Waals surface area contributed by atoms with Gasteiger partial charge in [0.05, 0.1) is 6.04 Å². The zero-order valence-corrected chi connectivity index (χ0v) is 5.66. The van der Waals surface area contributed by atoms with Crippen molar-refractivity contribution in [2.45, 2.75) is 24.9 Å². The molecule has 1 radical (unpaired) electrons. The largest absolute Gasteiger partial charge is 0.150 e. The summed E-state index contributed by atoms with van der Waals surface area (Å²) >= 11 is 0. The average molecular weight is 145 g/mol. The second kappa shape index (κ2) is 3.05. The molecule has 0 aliphatic carbocycles. The van der Waals surface area contributed by atoms with Crippen molar-refractivity contribution in [1.29, 1.82) is 0 Å². The van der Waals surface area contributed by atoms with Crippen LogP contribution in [0.15, 0.2) is 5.18 Å². The van der Waals surface area contributed by atoms with E-state index >= 15 is 0 Å². The van der Waals surface area contributed by atoms with Gasteiger partial charge in [-0.2, -0.15) is 4.91 Å². The van der Waals surface area contributed by atoms with E-state index in [-0.39, 0.29) is 0 Å². The number of hydrogen-bond acceptors (Lipinski definition) is 3. The van der Waals surface area contributed by atoms with E-state index in [1.54, 1.807) is 0 Å². The summed E-state index contributed by atoms with van der Waals surface area (Å²) < 4.78 is 12.6. The molecule has 0 aromatic heterocycles. The van der Waals surface area contributed by atoms with E-state index < -0.39 is 12.1 Å². The van der Waals surface area contributed by atoms with Crippen LogP contribution in [-0.4, -0.2) is 23.8 Å². The minimum absolute atomic E-state index is 0.375. The van der Waals surface area contributed by atoms with Crippen molar-refractivity contribution in [2.75, 3.05) is 6.54 Å². The van der Waals surface area contributed by atoms with Gasteiger partial charge in [-0.1, -0.05) is 5.18 Å². The summed E-state index contributed by atoms with van der Waals surface area (Å²) in [6, 6.07) is -1.04. The van der Waals surface area contributed by atoms with Crippen LogP contribution >= 0.6 is 0 Å². The molecule has 1 aliphatic rings. The summed E-state index contributed by atoms with van der Waals surface area (Å²) in [6.07, 6.45) is 1.36. The van der Waals surface area contributed by atoms with Gasteiger partial charge in [0.25, 0.3) is 0 Å². The molecule has 1 rings (SSSR count). The van der Waals surface area contributed by atoms with Crippen LogP contribution in [0.1, 0.15) is 12.8 Å². The third-order valence-corrected chi connectivity index (χ3v) is 1.81. The van der Waals surface area contributed by atoms with Crippen LogP contribution in [0.5, 0.6) is 0 Å². The maximum Gasteiger partial charge on any atom is 0.110 e. The Labute approximate surface area is 59.1 Å². The van der Waals surface area contributed by atoms with Gasteiger partial charge in [0.2, 0.25) is 0 Å². The predicted octanol–water partition coefficient (Wildman–Crippen LogP) is 1.30. The van der Waals surface area contributed by atoms with Crippen LogP contribution in [0.25, 0.3) is 0 Å². The summed E-state index contributed by atoms with van der Waals surface area (Å²) in [6.45, 7) is 3.86. The fraction of sp³-hybridized carbons (Fsp3) is 0.833. The molecule has 2 atom stereocenters. The molecule has 57 valence electrons. The zero-order chi connectivity index (χ0) is 7.56. The van der Waals surface area contributed by atoms with Gasteiger partial charge in [0, 0.05) is 6.54 Å². The molecule has 0 amide bonds. The number of nitroso groups, excluding NO2 is 1. The Bertz CT molecular complexity index is 131. The molecule has 0 aromatic carbocycles. The molecule has 2 unspecified atom stereocenters. The highest BCUT2D eigenvalue weighted by Gasteiger charge is 2.28. The Hall–Kier alpha value is -0.510. The first kappa shape index (κ1) is 7.60. The lowest BCUT2D eigenvalue weighted by Crippen LogP contribution is -2.40. The first-order valence-corrected chi connectivity index (χ1v) is 3.33. The molecule has 1 aliphatic heterocycles. The van der Waals surface area contributed by atoms with Crippen molar-refractivity contribution in [3.63, 3.8) is 0 Å². The highest BCUT2D eigenvalue weighted by Crippen LogP contribution is 2.19. The molecular formula is C6H10FN2O. The third-order valence-electron chi connectivity index (χ3n) is 1.81. The van der Waals surface area contributed by atoms with Crippen molar-refractivity contribution in [2.24, 2.45) is 5.18 Å². The van der Waals surface area contributed by atoms with E-state index in [9.17, 15) is 9.39 Å². The summed E-state index contributed by atoms with van der Waals surface area (Å²) in [5.74, 6) is 0. The monoisotopic (exact) mass is 145 g/mol. The van der Waals surface area contributed by atoms with E-state index in [1.807, 2.05) is 0 Å². The summed E-state index contributed by atoms with van der Waals surface area (Å²) in [7, 11) is 0. The second-order valence-corrected chi connectivity index (χ2v) is 2.51. The topological polar surface area (TPSA) is 32.7 Å². The first-order chi connectivity index (χ1) is 4.75. The first-order valence-electron chi connectivity index (χ1n) is 3.33. The van der Waals surface area contributed by atoms with Crippen LogP contribution in [0.4, 0.5) is 4.48 Å². The van der Waals surface area contributed by atoms with E-state index in [2.05, 4.69) is 12.1 Å². The van der Waals surface area contributed by atoms with Crippen LogP contribution in [0, 0.1) is 11.8 Å². The molecule has 3 nitrogen and oxygen atoms in total. The maximum atomic E-state index is 12.6. The quantitative estimate of drug-likeness (QED) is 0.411. The lowest BCUT2D eigenvalue weighted by Gasteiger charge is -2.28. The number of rotatable bonds is 1. The third kappa shape index (κ3) is 1.31. The summed E-state index contributed by atoms with van der Waals surface area (Å²) in [5.41, 5.74) is 0. The second-order valence-electron chi connectivity index (χ2n) is 2.51. The van der Waals surface area contributed by atoms with Gasteiger partial charge in [0.1, 0.15) is 6.04 Å². The molecule has 4 heteroatoms. The Kier molecular flexibility index (Phi) is 2.32. The fourth-order valence-electron chi connectivity index (χ4n) is 1.12. The Morgan fingerprint density at radius 2 is 2.40 bits per heavy atom. The Morgan fingerprint density at radius 3 is 2.90 bits per heavy atom. The molecule has 10 heavy (non-hydrogen) atoms. The molecule has 0 spiro atoms. The highest BCUT2D eigenvalue weighted by atomic mass is 19.2. The Morgan fingerprint density at radius 1 is 1.70 bits per heavy atom. The smallest absolute Gasteiger partial charge is 0.110 e. The minimum atomic E-state index is -0.578. The zero-order valence-electron chi connectivity index (χ0n) is 5.66. The molecule has 1 saturated heterocycles. The molecule has 0 N–H and O–H groups in total. The standard InChI is InChI=1S/C6H10FN2O/c1-5-6(8-10)3-2-4-9(5)7/h5-6H,1-4H2. The summed E-state index contributed by atoms with van der Waals surface area (Å²) in [5, 5.41) is 3.36. The SMILES string of the molecule is [CH2]C1C(N=O)CCCN1F. The van der Waals surface area contributed by atoms with Gasteiger partial charge in [0.15, 0.2) is 0 Å². The number of piperidine rings is 1. The highest BCUT2D eigenvalue weighted by molar-refractivity contribution is 4.86. The molecule has 0 aromatic rings. The van der Waals surface area contributed by atoms with E-state index in [0.29, 0.717) is 24.5 Å². The van der Waals surface area contributed by atoms with Crippen LogP contribution in [-0.2, 0) is 0 Å². The van der Waals surface area contributed by atoms with Crippen molar-refractivity contribution in [1.82, 2.24) is 5.12 Å². The van der Waals surface area contributed by atoms with E-state index in [0.717, 1.165) is 0 Å². The average Bonchev–Trinajstić information content (AvgIpc) is 1.95. The van der Waals surface area contributed by atoms with Gasteiger partial charge < -0.3 is 0 Å². The summed E-state index contributed by atoms with van der Waals surface area (Å²) in [4.78, 5) is 10.0. The van der Waals surface area contributed by atoms with Crippen molar-refractivity contribution >= 4 is 0 Å². The normalized spacial score (nSPS) is 35.8. The van der Waals surface area contributed by atoms with Gasteiger partial charge >= 0.3 is 0 Å². The number of hydrogen-bond donors (Lipinski definition) is 0. The minimum Gasteiger partial charge on any atom is -0.150 e. The van der Waals surface area contributed by atoms with Crippen molar-refractivity contribution in [3.05, 3.63) is 11.8 Å². The van der Waals surface area contributed by atoms with Gasteiger partial charge in [-0.15, -0.1) is 9.60 Å². The van der Waals surface area contributed by atoms with Crippen molar-refractivity contribution < 1.29 is 4.48 Å². The van der Waals surface area contributed by atoms with Crippen LogP contribution in [0.3, 0.4) is 0 Å². The predicted molar refractivity (Wildman–Crippen MR) is 35.8 cm³/mol. The van der Waals surface area contributed by atoms with Crippen molar-refractivity contribution in [3.8, 4) is 0 Å². The molecular weight excluding hydrogens is 135 g/mol.